The van der Waals surface area contributed by atoms with Gasteiger partial charge in [-0.1, -0.05) is 13.3 Å². The molecule has 1 N–H and O–H groups in total. The van der Waals surface area contributed by atoms with E-state index in [1.165, 1.54) is 6.07 Å². The molecule has 2 aromatic heterocycles. The normalized spacial score (nSPS) is 11.0. The van der Waals surface area contributed by atoms with Gasteiger partial charge in [-0.3, -0.25) is 9.78 Å². The van der Waals surface area contributed by atoms with E-state index < -0.39 is 23.7 Å². The van der Waals surface area contributed by atoms with Gasteiger partial charge in [0.05, 0.1) is 0 Å². The molecule has 0 amide bonds. The van der Waals surface area contributed by atoms with E-state index in [0.717, 1.165) is 0 Å². The summed E-state index contributed by atoms with van der Waals surface area (Å²) >= 11 is 0. The molecule has 0 aliphatic heterocycles. The van der Waals surface area contributed by atoms with Crippen LogP contribution in [0.4, 0.5) is 4.39 Å². The molecule has 6 nitrogen and oxygen atoms in total. The van der Waals surface area contributed by atoms with E-state index in [9.17, 15) is 18.8 Å². The predicted molar refractivity (Wildman–Crippen MR) is 62.5 cm³/mol. The van der Waals surface area contributed by atoms with E-state index in [1.54, 1.807) is 0 Å². The standard InChI is InChI=1S/C11H11FN2O4/c1-2-3-6-4-7(15)18-9-8(6)10(16)14(5-12)11(17)13-9/h4H,2-3,5H2,1H3,(H,13,17). The van der Waals surface area contributed by atoms with Crippen LogP contribution in [0.15, 0.2) is 24.9 Å². The topological polar surface area (TPSA) is 85.1 Å². The van der Waals surface area contributed by atoms with Gasteiger partial charge in [-0.25, -0.2) is 18.5 Å². The summed E-state index contributed by atoms with van der Waals surface area (Å²) in [6.07, 6.45) is 1.17. The van der Waals surface area contributed by atoms with Crippen LogP contribution < -0.4 is 16.9 Å². The van der Waals surface area contributed by atoms with Gasteiger partial charge in [0.15, 0.2) is 6.80 Å². The fourth-order valence-electron chi connectivity index (χ4n) is 1.83. The molecule has 7 heteroatoms. The van der Waals surface area contributed by atoms with Crippen LogP contribution in [0.25, 0.3) is 11.1 Å². The van der Waals surface area contributed by atoms with Gasteiger partial charge >= 0.3 is 11.3 Å². The molecule has 0 radical (unpaired) electrons. The summed E-state index contributed by atoms with van der Waals surface area (Å²) in [5.74, 6) is 0. The Morgan fingerprint density at radius 1 is 1.39 bits per heavy atom. The minimum Gasteiger partial charge on any atom is -0.405 e. The second-order valence-electron chi connectivity index (χ2n) is 3.83. The minimum absolute atomic E-state index is 0.0497. The van der Waals surface area contributed by atoms with Gasteiger partial charge in [-0.2, -0.15) is 0 Å². The number of hydrogen-bond donors (Lipinski definition) is 1. The van der Waals surface area contributed by atoms with Crippen LogP contribution in [-0.2, 0) is 13.2 Å². The van der Waals surface area contributed by atoms with Crippen molar-refractivity contribution < 1.29 is 8.81 Å². The molecule has 0 saturated carbocycles. The van der Waals surface area contributed by atoms with Crippen LogP contribution in [0.2, 0.25) is 0 Å². The lowest BCUT2D eigenvalue weighted by Crippen LogP contribution is -2.35. The molecule has 0 fully saturated rings. The molecule has 0 atom stereocenters. The Hall–Kier alpha value is -2.18. The molecule has 0 aliphatic rings. The third-order valence-electron chi connectivity index (χ3n) is 2.61. The van der Waals surface area contributed by atoms with Gasteiger partial charge in [0.25, 0.3) is 5.56 Å². The highest BCUT2D eigenvalue weighted by molar-refractivity contribution is 5.75. The first-order valence-electron chi connectivity index (χ1n) is 5.44. The number of aromatic amines is 1. The average Bonchev–Trinajstić information content (AvgIpc) is 2.28. The average molecular weight is 254 g/mol. The molecule has 0 aromatic carbocycles. The van der Waals surface area contributed by atoms with Gasteiger partial charge in [0, 0.05) is 6.07 Å². The summed E-state index contributed by atoms with van der Waals surface area (Å²) in [5.41, 5.74) is -2.13. The Morgan fingerprint density at radius 3 is 2.72 bits per heavy atom. The molecule has 96 valence electrons. The van der Waals surface area contributed by atoms with E-state index >= 15 is 0 Å². The summed E-state index contributed by atoms with van der Waals surface area (Å²) in [6.45, 7) is 0.647. The molecule has 0 aliphatic carbocycles. The van der Waals surface area contributed by atoms with E-state index in [1.807, 2.05) is 6.92 Å². The van der Waals surface area contributed by atoms with Crippen molar-refractivity contribution in [3.8, 4) is 0 Å². The number of rotatable bonds is 3. The molecule has 2 aromatic rings. The Labute approximate surface area is 99.7 Å². The van der Waals surface area contributed by atoms with Crippen LogP contribution in [0.1, 0.15) is 18.9 Å². The molecule has 2 rings (SSSR count). The van der Waals surface area contributed by atoms with Gasteiger partial charge < -0.3 is 4.42 Å². The smallest absolute Gasteiger partial charge is 0.337 e. The third-order valence-corrected chi connectivity index (χ3v) is 2.61. The Bertz CT molecular complexity index is 756. The molecule has 18 heavy (non-hydrogen) atoms. The van der Waals surface area contributed by atoms with Crippen molar-refractivity contribution in [3.63, 3.8) is 0 Å². The van der Waals surface area contributed by atoms with Gasteiger partial charge in [0.1, 0.15) is 5.39 Å². The SMILES string of the molecule is CCCc1cc(=O)oc2[nH]c(=O)n(CF)c(=O)c12. The highest BCUT2D eigenvalue weighted by Crippen LogP contribution is 2.11. The minimum atomic E-state index is -1.23. The van der Waals surface area contributed by atoms with E-state index in [0.29, 0.717) is 23.0 Å². The quantitative estimate of drug-likeness (QED) is 0.865. The molecule has 2 heterocycles. The second-order valence-corrected chi connectivity index (χ2v) is 3.83. The van der Waals surface area contributed by atoms with Gasteiger partial charge in [0.2, 0.25) is 5.71 Å². The van der Waals surface area contributed by atoms with Gasteiger partial charge in [-0.05, 0) is 12.0 Å². The molecule has 0 unspecified atom stereocenters. The summed E-state index contributed by atoms with van der Waals surface area (Å²) in [7, 11) is 0. The number of halogens is 1. The predicted octanol–water partition coefficient (Wildman–Crippen LogP) is 0.523. The first kappa shape index (κ1) is 12.3. The lowest BCUT2D eigenvalue weighted by atomic mass is 10.1. The molecular weight excluding hydrogens is 243 g/mol. The Kier molecular flexibility index (Phi) is 3.14. The molecule has 0 spiro atoms. The number of fused-ring (bicyclic) bond motifs is 1. The highest BCUT2D eigenvalue weighted by atomic mass is 19.1. The number of alkyl halides is 1. The zero-order valence-corrected chi connectivity index (χ0v) is 9.66. The number of nitrogens with zero attached hydrogens (tertiary/aromatic N) is 1. The monoisotopic (exact) mass is 254 g/mol. The number of aryl methyl sites for hydroxylation is 1. The van der Waals surface area contributed by atoms with Crippen molar-refractivity contribution in [1.82, 2.24) is 9.55 Å². The fraction of sp³-hybridized carbons (Fsp3) is 0.364. The van der Waals surface area contributed by atoms with Gasteiger partial charge in [-0.15, -0.1) is 0 Å². The van der Waals surface area contributed by atoms with Crippen molar-refractivity contribution in [1.29, 1.82) is 0 Å². The molecule has 0 saturated heterocycles. The summed E-state index contributed by atoms with van der Waals surface area (Å²) < 4.78 is 17.8. The summed E-state index contributed by atoms with van der Waals surface area (Å²) in [5, 5.41) is 0.0497. The number of hydrogen-bond acceptors (Lipinski definition) is 4. The van der Waals surface area contributed by atoms with Crippen molar-refractivity contribution in [2.24, 2.45) is 0 Å². The van der Waals surface area contributed by atoms with Crippen molar-refractivity contribution in [2.75, 3.05) is 0 Å². The number of H-pyrrole nitrogens is 1. The van der Waals surface area contributed by atoms with E-state index in [4.69, 9.17) is 4.42 Å². The van der Waals surface area contributed by atoms with E-state index in [-0.39, 0.29) is 11.1 Å². The summed E-state index contributed by atoms with van der Waals surface area (Å²) in [4.78, 5) is 36.8. The number of nitrogens with one attached hydrogen (secondary N) is 1. The number of aromatic nitrogens is 2. The molecular formula is C11H11FN2O4. The van der Waals surface area contributed by atoms with Crippen molar-refractivity contribution >= 4 is 11.1 Å². The van der Waals surface area contributed by atoms with Crippen LogP contribution >= 0.6 is 0 Å². The van der Waals surface area contributed by atoms with Crippen LogP contribution in [0.5, 0.6) is 0 Å². The zero-order chi connectivity index (χ0) is 13.3. The largest absolute Gasteiger partial charge is 0.405 e. The zero-order valence-electron chi connectivity index (χ0n) is 9.66. The van der Waals surface area contributed by atoms with Crippen LogP contribution in [0.3, 0.4) is 0 Å². The maximum absolute atomic E-state index is 12.6. The van der Waals surface area contributed by atoms with Crippen molar-refractivity contribution in [3.05, 3.63) is 42.9 Å². The highest BCUT2D eigenvalue weighted by Gasteiger charge is 2.13. The first-order chi connectivity index (χ1) is 8.58. The van der Waals surface area contributed by atoms with Crippen LogP contribution in [0, 0.1) is 0 Å². The lowest BCUT2D eigenvalue weighted by molar-refractivity contribution is 0.358. The fourth-order valence-corrected chi connectivity index (χ4v) is 1.83. The van der Waals surface area contributed by atoms with Crippen molar-refractivity contribution in [2.45, 2.75) is 26.6 Å². The Balaban J connectivity index is 2.98. The third kappa shape index (κ3) is 1.87. The van der Waals surface area contributed by atoms with Crippen LogP contribution in [-0.4, -0.2) is 9.55 Å². The second kappa shape index (κ2) is 4.59. The van der Waals surface area contributed by atoms with E-state index in [2.05, 4.69) is 4.98 Å². The molecule has 0 bridgehead atoms. The maximum atomic E-state index is 12.6. The summed E-state index contributed by atoms with van der Waals surface area (Å²) in [6, 6.07) is 1.19. The first-order valence-corrected chi connectivity index (χ1v) is 5.44. The maximum Gasteiger partial charge on any atom is 0.337 e. The Morgan fingerprint density at radius 2 is 2.11 bits per heavy atom. The lowest BCUT2D eigenvalue weighted by Gasteiger charge is -2.05.